The zero-order valence-electron chi connectivity index (χ0n) is 16.3. The Labute approximate surface area is 174 Å². The molecule has 1 aromatic heterocycles. The van der Waals surface area contributed by atoms with Gasteiger partial charge in [-0.1, -0.05) is 19.9 Å². The lowest BCUT2D eigenvalue weighted by atomic mass is 9.89. The first-order chi connectivity index (χ1) is 11.7. The van der Waals surface area contributed by atoms with Crippen LogP contribution in [-0.4, -0.2) is 61.4 Å². The van der Waals surface area contributed by atoms with Gasteiger partial charge in [-0.3, -0.25) is 9.98 Å². The summed E-state index contributed by atoms with van der Waals surface area (Å²) >= 11 is 0. The molecule has 1 aliphatic heterocycles. The summed E-state index contributed by atoms with van der Waals surface area (Å²) in [5.41, 5.74) is 1.20. The standard InChI is InChI=1S/C18H30N4O2S.HI/c1-14(2)16(15-7-6-8-20-11-15)12-21-17(19-5)22-9-10-25(23,24)18(3,4)13-22;/h6-8,11,14,16H,9-10,12-13H2,1-5H3,(H,19,21);1H. The predicted octanol–water partition coefficient (Wildman–Crippen LogP) is 2.52. The van der Waals surface area contributed by atoms with Crippen molar-refractivity contribution in [2.45, 2.75) is 38.4 Å². The molecule has 0 aliphatic carbocycles. The lowest BCUT2D eigenvalue weighted by Crippen LogP contribution is -2.57. The van der Waals surface area contributed by atoms with Crippen molar-refractivity contribution in [3.05, 3.63) is 30.1 Å². The number of nitrogens with one attached hydrogen (secondary N) is 1. The molecule has 1 unspecified atom stereocenters. The summed E-state index contributed by atoms with van der Waals surface area (Å²) in [6.07, 6.45) is 3.69. The second kappa shape index (κ2) is 9.34. The molecule has 0 aromatic carbocycles. The van der Waals surface area contributed by atoms with Gasteiger partial charge in [-0.15, -0.1) is 24.0 Å². The van der Waals surface area contributed by atoms with Gasteiger partial charge in [0.15, 0.2) is 15.8 Å². The van der Waals surface area contributed by atoms with Gasteiger partial charge in [0, 0.05) is 45.0 Å². The second-order valence-electron chi connectivity index (χ2n) is 7.57. The molecule has 1 N–H and O–H groups in total. The molecule has 26 heavy (non-hydrogen) atoms. The summed E-state index contributed by atoms with van der Waals surface area (Å²) in [5.74, 6) is 1.69. The van der Waals surface area contributed by atoms with E-state index in [1.807, 2.05) is 17.2 Å². The van der Waals surface area contributed by atoms with E-state index in [0.29, 0.717) is 24.9 Å². The van der Waals surface area contributed by atoms with Crippen LogP contribution in [-0.2, 0) is 9.84 Å². The fraction of sp³-hybridized carbons (Fsp3) is 0.667. The summed E-state index contributed by atoms with van der Waals surface area (Å²) < 4.78 is 23.7. The van der Waals surface area contributed by atoms with Crippen LogP contribution in [0.3, 0.4) is 0 Å². The first-order valence-electron chi connectivity index (χ1n) is 8.76. The number of hydrogen-bond donors (Lipinski definition) is 1. The van der Waals surface area contributed by atoms with Crippen LogP contribution in [0.2, 0.25) is 0 Å². The van der Waals surface area contributed by atoms with Crippen LogP contribution in [0.5, 0.6) is 0 Å². The molecule has 1 fully saturated rings. The van der Waals surface area contributed by atoms with E-state index >= 15 is 0 Å². The summed E-state index contributed by atoms with van der Waals surface area (Å²) in [6.45, 7) is 9.62. The fourth-order valence-electron chi connectivity index (χ4n) is 3.19. The monoisotopic (exact) mass is 494 g/mol. The van der Waals surface area contributed by atoms with Crippen LogP contribution in [0.4, 0.5) is 0 Å². The van der Waals surface area contributed by atoms with E-state index in [2.05, 4.69) is 35.2 Å². The summed E-state index contributed by atoms with van der Waals surface area (Å²) in [6, 6.07) is 4.05. The highest BCUT2D eigenvalue weighted by atomic mass is 127. The Hall–Kier alpha value is -0.900. The summed E-state index contributed by atoms with van der Waals surface area (Å²) in [5, 5.41) is 3.44. The van der Waals surface area contributed by atoms with E-state index in [4.69, 9.17) is 0 Å². The van der Waals surface area contributed by atoms with Gasteiger partial charge in [-0.25, -0.2) is 8.42 Å². The van der Waals surface area contributed by atoms with Crippen molar-refractivity contribution in [1.29, 1.82) is 0 Å². The third-order valence-corrected chi connectivity index (χ3v) is 7.49. The van der Waals surface area contributed by atoms with E-state index < -0.39 is 14.6 Å². The van der Waals surface area contributed by atoms with Crippen molar-refractivity contribution >= 4 is 39.8 Å². The molecule has 1 aliphatic rings. The van der Waals surface area contributed by atoms with Gasteiger partial charge in [0.1, 0.15) is 0 Å². The second-order valence-corrected chi connectivity index (χ2v) is 10.3. The van der Waals surface area contributed by atoms with Crippen LogP contribution < -0.4 is 5.32 Å². The first-order valence-corrected chi connectivity index (χ1v) is 10.4. The SMILES string of the molecule is CN=C(NCC(c1cccnc1)C(C)C)N1CCS(=O)(=O)C(C)(C)C1.I. The van der Waals surface area contributed by atoms with Crippen molar-refractivity contribution in [1.82, 2.24) is 15.2 Å². The third-order valence-electron chi connectivity index (χ3n) is 4.95. The van der Waals surface area contributed by atoms with E-state index in [1.54, 1.807) is 27.1 Å². The van der Waals surface area contributed by atoms with Crippen molar-refractivity contribution in [3.8, 4) is 0 Å². The molecule has 0 spiro atoms. The molecule has 2 rings (SSSR count). The van der Waals surface area contributed by atoms with E-state index in [9.17, 15) is 8.42 Å². The predicted molar refractivity (Wildman–Crippen MR) is 118 cm³/mol. The molecule has 1 saturated heterocycles. The Morgan fingerprint density at radius 1 is 1.42 bits per heavy atom. The molecule has 6 nitrogen and oxygen atoms in total. The number of pyridine rings is 1. The minimum absolute atomic E-state index is 0. The lowest BCUT2D eigenvalue weighted by Gasteiger charge is -2.39. The topological polar surface area (TPSA) is 74.7 Å². The molecule has 0 bridgehead atoms. The zero-order chi connectivity index (χ0) is 18.7. The third kappa shape index (κ3) is 5.31. The van der Waals surface area contributed by atoms with E-state index in [1.165, 1.54) is 5.56 Å². The van der Waals surface area contributed by atoms with Crippen LogP contribution >= 0.6 is 24.0 Å². The summed E-state index contributed by atoms with van der Waals surface area (Å²) in [4.78, 5) is 10.6. The maximum absolute atomic E-state index is 12.2. The van der Waals surface area contributed by atoms with Gasteiger partial charge in [0.25, 0.3) is 0 Å². The number of guanidine groups is 1. The molecular formula is C18H31IN4O2S. The van der Waals surface area contributed by atoms with Gasteiger partial charge in [-0.2, -0.15) is 0 Å². The normalized spacial score (nSPS) is 20.4. The number of rotatable bonds is 4. The van der Waals surface area contributed by atoms with Gasteiger partial charge >= 0.3 is 0 Å². The van der Waals surface area contributed by atoms with Crippen LogP contribution in [0.25, 0.3) is 0 Å². The Balaban J connectivity index is 0.00000338. The lowest BCUT2D eigenvalue weighted by molar-refractivity contribution is 0.350. The Kier molecular flexibility index (Phi) is 8.32. The molecule has 8 heteroatoms. The quantitative estimate of drug-likeness (QED) is 0.396. The number of nitrogens with zero attached hydrogens (tertiary/aromatic N) is 3. The minimum Gasteiger partial charge on any atom is -0.356 e. The molecular weight excluding hydrogens is 463 g/mol. The largest absolute Gasteiger partial charge is 0.356 e. The summed E-state index contributed by atoms with van der Waals surface area (Å²) in [7, 11) is -1.31. The number of hydrogen-bond acceptors (Lipinski definition) is 4. The minimum atomic E-state index is -3.06. The highest BCUT2D eigenvalue weighted by molar-refractivity contribution is 14.0. The van der Waals surface area contributed by atoms with Gasteiger partial charge in [-0.05, 0) is 31.4 Å². The molecule has 2 heterocycles. The molecule has 0 radical (unpaired) electrons. The number of sulfone groups is 1. The molecule has 1 aromatic rings. The molecule has 0 saturated carbocycles. The van der Waals surface area contributed by atoms with Crippen molar-refractivity contribution in [3.63, 3.8) is 0 Å². The maximum Gasteiger partial charge on any atom is 0.193 e. The van der Waals surface area contributed by atoms with Crippen molar-refractivity contribution < 1.29 is 8.42 Å². The smallest absolute Gasteiger partial charge is 0.193 e. The highest BCUT2D eigenvalue weighted by Gasteiger charge is 2.41. The van der Waals surface area contributed by atoms with E-state index in [0.717, 1.165) is 12.5 Å². The van der Waals surface area contributed by atoms with Crippen LogP contribution in [0.1, 0.15) is 39.2 Å². The molecule has 148 valence electrons. The van der Waals surface area contributed by atoms with E-state index in [-0.39, 0.29) is 29.7 Å². The zero-order valence-corrected chi connectivity index (χ0v) is 19.4. The fourth-order valence-corrected chi connectivity index (χ4v) is 4.56. The van der Waals surface area contributed by atoms with Crippen LogP contribution in [0, 0.1) is 5.92 Å². The Bertz CT molecular complexity index is 705. The molecule has 0 amide bonds. The highest BCUT2D eigenvalue weighted by Crippen LogP contribution is 2.25. The Morgan fingerprint density at radius 3 is 2.62 bits per heavy atom. The van der Waals surface area contributed by atoms with Crippen molar-refractivity contribution in [2.75, 3.05) is 32.4 Å². The maximum atomic E-state index is 12.2. The number of aromatic nitrogens is 1. The van der Waals surface area contributed by atoms with Crippen molar-refractivity contribution in [2.24, 2.45) is 10.9 Å². The van der Waals surface area contributed by atoms with Gasteiger partial charge in [0.2, 0.25) is 0 Å². The van der Waals surface area contributed by atoms with Gasteiger partial charge in [0.05, 0.1) is 10.5 Å². The van der Waals surface area contributed by atoms with Gasteiger partial charge < -0.3 is 10.2 Å². The number of halogens is 1. The Morgan fingerprint density at radius 2 is 2.12 bits per heavy atom. The average molecular weight is 494 g/mol. The average Bonchev–Trinajstić information content (AvgIpc) is 2.55. The van der Waals surface area contributed by atoms with Crippen LogP contribution in [0.15, 0.2) is 29.5 Å². The molecule has 1 atom stereocenters. The first kappa shape index (κ1) is 23.1. The number of aliphatic imine (C=N–C) groups is 1.